The fourth-order valence-corrected chi connectivity index (χ4v) is 3.71. The molecule has 2 fully saturated rings. The van der Waals surface area contributed by atoms with Gasteiger partial charge in [0.15, 0.2) is 5.96 Å². The molecule has 8 nitrogen and oxygen atoms in total. The average molecular weight is 358 g/mol. The summed E-state index contributed by atoms with van der Waals surface area (Å²) in [6.45, 7) is 6.04. The van der Waals surface area contributed by atoms with Crippen molar-refractivity contribution in [2.24, 2.45) is 10.9 Å². The highest BCUT2D eigenvalue weighted by molar-refractivity contribution is 6.07. The summed E-state index contributed by atoms with van der Waals surface area (Å²) in [4.78, 5) is 34.6. The number of aromatic nitrogens is 1. The van der Waals surface area contributed by atoms with Crippen molar-refractivity contribution < 1.29 is 9.59 Å². The summed E-state index contributed by atoms with van der Waals surface area (Å²) in [5.41, 5.74) is 1.33. The number of nitrogens with one attached hydrogen (secondary N) is 3. The van der Waals surface area contributed by atoms with Gasteiger partial charge in [-0.1, -0.05) is 6.07 Å². The van der Waals surface area contributed by atoms with Crippen molar-refractivity contribution in [1.82, 2.24) is 25.8 Å². The summed E-state index contributed by atoms with van der Waals surface area (Å²) in [6.07, 6.45) is 3.42. The zero-order valence-electron chi connectivity index (χ0n) is 15.5. The molecular weight excluding hydrogens is 332 g/mol. The molecule has 3 heterocycles. The first kappa shape index (κ1) is 18.2. The second-order valence-corrected chi connectivity index (χ2v) is 7.04. The van der Waals surface area contributed by atoms with E-state index in [1.165, 1.54) is 0 Å². The maximum absolute atomic E-state index is 12.1. The highest BCUT2D eigenvalue weighted by atomic mass is 16.2. The zero-order chi connectivity index (χ0) is 18.7. The molecule has 3 N–H and O–H groups in total. The van der Waals surface area contributed by atoms with Crippen LogP contribution in [-0.2, 0) is 11.3 Å². The van der Waals surface area contributed by atoms with E-state index in [1.54, 1.807) is 13.2 Å². The van der Waals surface area contributed by atoms with E-state index < -0.39 is 11.6 Å². The number of hydrogen-bond acceptors (Lipinski definition) is 4. The second-order valence-electron chi connectivity index (χ2n) is 7.04. The number of piperidine rings is 1. The fourth-order valence-electron chi connectivity index (χ4n) is 3.71. The van der Waals surface area contributed by atoms with Crippen molar-refractivity contribution in [2.45, 2.75) is 38.8 Å². The summed E-state index contributed by atoms with van der Waals surface area (Å²) < 4.78 is 0. The number of carbonyl (C=O) groups excluding carboxylic acids is 2. The van der Waals surface area contributed by atoms with Crippen LogP contribution in [0.1, 0.15) is 31.0 Å². The summed E-state index contributed by atoms with van der Waals surface area (Å²) in [6, 6.07) is 3.57. The highest BCUT2D eigenvalue weighted by Crippen LogP contribution is 2.30. The molecule has 0 spiro atoms. The Balaban J connectivity index is 1.57. The van der Waals surface area contributed by atoms with Crippen LogP contribution in [0.5, 0.6) is 0 Å². The normalized spacial score (nSPS) is 24.4. The first-order valence-corrected chi connectivity index (χ1v) is 8.93. The molecule has 2 saturated heterocycles. The number of pyridine rings is 1. The van der Waals surface area contributed by atoms with Gasteiger partial charge in [-0.05, 0) is 44.2 Å². The van der Waals surface area contributed by atoms with Crippen molar-refractivity contribution in [3.63, 3.8) is 0 Å². The van der Waals surface area contributed by atoms with E-state index in [9.17, 15) is 9.59 Å². The Morgan fingerprint density at radius 1 is 1.42 bits per heavy atom. The lowest BCUT2D eigenvalue weighted by Gasteiger charge is -2.39. The van der Waals surface area contributed by atoms with Crippen LogP contribution in [-0.4, -0.2) is 53.5 Å². The number of imide groups is 1. The summed E-state index contributed by atoms with van der Waals surface area (Å²) in [7, 11) is 1.77. The van der Waals surface area contributed by atoms with E-state index in [4.69, 9.17) is 0 Å². The molecule has 0 bridgehead atoms. The Bertz CT molecular complexity index is 726. The first-order valence-electron chi connectivity index (χ1n) is 8.93. The third kappa shape index (κ3) is 3.49. The maximum atomic E-state index is 12.1. The number of likely N-dealkylation sites (tertiary alicyclic amines) is 1. The van der Waals surface area contributed by atoms with Crippen LogP contribution in [0.25, 0.3) is 0 Å². The molecule has 2 aliphatic heterocycles. The number of guanidine groups is 1. The Kier molecular flexibility index (Phi) is 5.11. The molecule has 1 aromatic rings. The highest BCUT2D eigenvalue weighted by Gasteiger charge is 2.48. The molecule has 0 radical (unpaired) electrons. The number of nitrogens with zero attached hydrogens (tertiary/aromatic N) is 3. The van der Waals surface area contributed by atoms with Gasteiger partial charge in [0.1, 0.15) is 5.54 Å². The smallest absolute Gasteiger partial charge is 0.322 e. The quantitative estimate of drug-likeness (QED) is 0.421. The molecular formula is C18H26N6O2. The van der Waals surface area contributed by atoms with Gasteiger partial charge in [0.05, 0.1) is 12.2 Å². The van der Waals surface area contributed by atoms with E-state index in [0.717, 1.165) is 43.1 Å². The molecule has 2 aliphatic rings. The van der Waals surface area contributed by atoms with Crippen molar-refractivity contribution in [1.29, 1.82) is 0 Å². The number of aliphatic imine (C=N–C) groups is 1. The molecule has 140 valence electrons. The minimum Gasteiger partial charge on any atom is -0.351 e. The average Bonchev–Trinajstić information content (AvgIpc) is 2.90. The van der Waals surface area contributed by atoms with Gasteiger partial charge in [-0.3, -0.25) is 20.1 Å². The minimum atomic E-state index is -0.814. The van der Waals surface area contributed by atoms with Gasteiger partial charge < -0.3 is 15.5 Å². The molecule has 0 saturated carbocycles. The largest absolute Gasteiger partial charge is 0.351 e. The number of aryl methyl sites for hydroxylation is 1. The van der Waals surface area contributed by atoms with Gasteiger partial charge >= 0.3 is 6.03 Å². The number of amides is 3. The van der Waals surface area contributed by atoms with Gasteiger partial charge in [0.2, 0.25) is 0 Å². The monoisotopic (exact) mass is 358 g/mol. The van der Waals surface area contributed by atoms with E-state index in [-0.39, 0.29) is 11.8 Å². The van der Waals surface area contributed by atoms with E-state index >= 15 is 0 Å². The molecule has 26 heavy (non-hydrogen) atoms. The van der Waals surface area contributed by atoms with Crippen LogP contribution >= 0.6 is 0 Å². The predicted molar refractivity (Wildman–Crippen MR) is 98.5 cm³/mol. The Hall–Kier alpha value is -2.64. The minimum absolute atomic E-state index is 0.112. The lowest BCUT2D eigenvalue weighted by molar-refractivity contribution is -0.125. The van der Waals surface area contributed by atoms with Crippen LogP contribution in [0.3, 0.4) is 0 Å². The van der Waals surface area contributed by atoms with Gasteiger partial charge in [-0.2, -0.15) is 0 Å². The molecule has 0 aliphatic carbocycles. The Morgan fingerprint density at radius 3 is 2.73 bits per heavy atom. The van der Waals surface area contributed by atoms with Gasteiger partial charge in [-0.25, -0.2) is 4.79 Å². The number of carbonyl (C=O) groups is 2. The molecule has 1 atom stereocenters. The van der Waals surface area contributed by atoms with Gasteiger partial charge in [0, 0.05) is 26.3 Å². The van der Waals surface area contributed by atoms with Gasteiger partial charge in [-0.15, -0.1) is 0 Å². The topological polar surface area (TPSA) is 98.7 Å². The van der Waals surface area contributed by atoms with Crippen molar-refractivity contribution in [3.8, 4) is 0 Å². The summed E-state index contributed by atoms with van der Waals surface area (Å²) in [5, 5.41) is 8.51. The second kappa shape index (κ2) is 7.31. The molecule has 8 heteroatoms. The van der Waals surface area contributed by atoms with E-state index in [2.05, 4.69) is 30.8 Å². The first-order chi connectivity index (χ1) is 12.4. The number of rotatable bonds is 3. The molecule has 1 unspecified atom stereocenters. The lowest BCUT2D eigenvalue weighted by atomic mass is 9.79. The van der Waals surface area contributed by atoms with Crippen molar-refractivity contribution >= 4 is 17.9 Å². The molecule has 3 rings (SSSR count). The predicted octanol–water partition coefficient (Wildman–Crippen LogP) is 0.776. The fraction of sp³-hybridized carbons (Fsp3) is 0.556. The van der Waals surface area contributed by atoms with Crippen molar-refractivity contribution in [2.75, 3.05) is 20.1 Å². The van der Waals surface area contributed by atoms with Crippen LogP contribution < -0.4 is 16.0 Å². The third-order valence-corrected chi connectivity index (χ3v) is 5.43. The van der Waals surface area contributed by atoms with Crippen LogP contribution in [0.15, 0.2) is 23.3 Å². The maximum Gasteiger partial charge on any atom is 0.322 e. The number of urea groups is 1. The Morgan fingerprint density at radius 2 is 2.15 bits per heavy atom. The lowest BCUT2D eigenvalue weighted by Crippen LogP contribution is -2.55. The van der Waals surface area contributed by atoms with Crippen LogP contribution in [0, 0.1) is 12.8 Å². The van der Waals surface area contributed by atoms with Crippen molar-refractivity contribution in [3.05, 3.63) is 29.6 Å². The molecule has 3 amide bonds. The van der Waals surface area contributed by atoms with Crippen LogP contribution in [0.4, 0.5) is 4.79 Å². The standard InChI is InChI=1S/C18H26N6O2/c1-12-5-4-8-20-14(12)11-21-16(19-3)24-9-6-13(7-10-24)18(2)15(25)22-17(26)23-18/h4-5,8,13H,6-7,9-11H2,1-3H3,(H,19,21)(H2,22,23,25,26). The third-order valence-electron chi connectivity index (χ3n) is 5.43. The Labute approximate surface area is 153 Å². The molecule has 1 aromatic heterocycles. The number of hydrogen-bond donors (Lipinski definition) is 3. The van der Waals surface area contributed by atoms with E-state index in [1.807, 2.05) is 26.0 Å². The van der Waals surface area contributed by atoms with E-state index in [0.29, 0.717) is 6.54 Å². The zero-order valence-corrected chi connectivity index (χ0v) is 15.5. The summed E-state index contributed by atoms with van der Waals surface area (Å²) >= 11 is 0. The SMILES string of the molecule is CN=C(NCc1ncccc1C)N1CCC(C2(C)NC(=O)NC2=O)CC1. The summed E-state index contributed by atoms with van der Waals surface area (Å²) in [5.74, 6) is 0.717. The molecule has 0 aromatic carbocycles. The van der Waals surface area contributed by atoms with Crippen LogP contribution in [0.2, 0.25) is 0 Å². The van der Waals surface area contributed by atoms with Gasteiger partial charge in [0.25, 0.3) is 5.91 Å².